The third kappa shape index (κ3) is 6.33. The van der Waals surface area contributed by atoms with Gasteiger partial charge in [0.2, 0.25) is 5.91 Å². The van der Waals surface area contributed by atoms with Crippen LogP contribution in [-0.2, 0) is 24.3 Å². The number of para-hydroxylation sites is 1. The van der Waals surface area contributed by atoms with Gasteiger partial charge in [0.15, 0.2) is 5.69 Å². The van der Waals surface area contributed by atoms with Gasteiger partial charge in [-0.25, -0.2) is 0 Å². The second-order valence-corrected chi connectivity index (χ2v) is 8.86. The van der Waals surface area contributed by atoms with Crippen LogP contribution in [0.5, 0.6) is 0 Å². The van der Waals surface area contributed by atoms with Crippen LogP contribution in [0.25, 0.3) is 0 Å². The molecule has 0 fully saturated rings. The minimum Gasteiger partial charge on any atom is -0.361 e. The quantitative estimate of drug-likeness (QED) is 0.569. The van der Waals surface area contributed by atoms with Gasteiger partial charge in [-0.15, -0.1) is 0 Å². The van der Waals surface area contributed by atoms with Crippen molar-refractivity contribution in [1.29, 1.82) is 0 Å². The van der Waals surface area contributed by atoms with Crippen LogP contribution >= 0.6 is 0 Å². The average molecular weight is 476 g/mol. The van der Waals surface area contributed by atoms with Gasteiger partial charge in [-0.3, -0.25) is 19.5 Å². The molecule has 0 N–H and O–H groups in total. The first-order valence-electron chi connectivity index (χ1n) is 12.3. The zero-order valence-electron chi connectivity index (χ0n) is 20.5. The summed E-state index contributed by atoms with van der Waals surface area (Å²) in [7, 11) is 0. The molecule has 4 rings (SSSR count). The summed E-state index contributed by atoms with van der Waals surface area (Å²) < 4.78 is 5.30. The monoisotopic (exact) mass is 475 g/mol. The first kappa shape index (κ1) is 24.6. The van der Waals surface area contributed by atoms with E-state index in [1.54, 1.807) is 13.0 Å². The molecule has 2 aromatic heterocycles. The van der Waals surface area contributed by atoms with E-state index >= 15 is 0 Å². The molecule has 0 saturated heterocycles. The van der Waals surface area contributed by atoms with Crippen molar-refractivity contribution in [2.24, 2.45) is 0 Å². The van der Waals surface area contributed by atoms with Crippen LogP contribution in [0.15, 0.2) is 59.3 Å². The molecule has 35 heavy (non-hydrogen) atoms. The van der Waals surface area contributed by atoms with Gasteiger partial charge in [0.1, 0.15) is 5.76 Å². The first-order chi connectivity index (χ1) is 17.0. The summed E-state index contributed by atoms with van der Waals surface area (Å²) in [5.41, 5.74) is 3.13. The standard InChI is InChI=1S/C27H33N5O3/c1-3-24-18-25(29-35-24)27(34)31-16-8-14-30(20-23-11-6-7-13-28-23)15-9-17-32(21(2)33)26-12-5-4-10-22(26)19-31/h4-7,10-13,18H,3,8-9,14-17,19-20H2,1-2H3. The second-order valence-electron chi connectivity index (χ2n) is 8.86. The molecule has 3 aromatic rings. The fourth-order valence-electron chi connectivity index (χ4n) is 4.48. The largest absolute Gasteiger partial charge is 0.361 e. The number of hydrogen-bond donors (Lipinski definition) is 0. The molecule has 0 radical (unpaired) electrons. The van der Waals surface area contributed by atoms with Crippen LogP contribution in [0.1, 0.15) is 54.2 Å². The molecule has 3 heterocycles. The molecule has 1 aliphatic heterocycles. The minimum absolute atomic E-state index is 0.00671. The maximum absolute atomic E-state index is 13.4. The number of benzene rings is 1. The van der Waals surface area contributed by atoms with Crippen LogP contribution in [-0.4, -0.2) is 57.9 Å². The Morgan fingerprint density at radius 1 is 1.00 bits per heavy atom. The van der Waals surface area contributed by atoms with Gasteiger partial charge in [-0.2, -0.15) is 0 Å². The Balaban J connectivity index is 1.62. The highest BCUT2D eigenvalue weighted by atomic mass is 16.5. The number of anilines is 1. The van der Waals surface area contributed by atoms with E-state index in [1.807, 2.05) is 65.4 Å². The van der Waals surface area contributed by atoms with Gasteiger partial charge in [0, 0.05) is 70.6 Å². The second kappa shape index (κ2) is 11.8. The number of aromatic nitrogens is 2. The number of fused-ring (bicyclic) bond motifs is 1. The first-order valence-corrected chi connectivity index (χ1v) is 12.3. The molecule has 184 valence electrons. The lowest BCUT2D eigenvalue weighted by Gasteiger charge is -2.31. The van der Waals surface area contributed by atoms with E-state index in [0.29, 0.717) is 37.5 Å². The Hall–Kier alpha value is -3.52. The lowest BCUT2D eigenvalue weighted by Crippen LogP contribution is -2.38. The van der Waals surface area contributed by atoms with Crippen LogP contribution < -0.4 is 4.90 Å². The molecule has 0 atom stereocenters. The van der Waals surface area contributed by atoms with Crippen LogP contribution in [0.3, 0.4) is 0 Å². The van der Waals surface area contributed by atoms with Crippen molar-refractivity contribution in [2.45, 2.75) is 46.2 Å². The lowest BCUT2D eigenvalue weighted by atomic mass is 10.1. The Labute approximate surface area is 206 Å². The van der Waals surface area contributed by atoms with E-state index in [9.17, 15) is 9.59 Å². The number of carbonyl (C=O) groups is 2. The number of nitrogens with zero attached hydrogens (tertiary/aromatic N) is 5. The van der Waals surface area contributed by atoms with Crippen LogP contribution in [0, 0.1) is 0 Å². The Bertz CT molecular complexity index is 1130. The Kier molecular flexibility index (Phi) is 8.26. The smallest absolute Gasteiger partial charge is 0.276 e. The van der Waals surface area contributed by atoms with Crippen molar-refractivity contribution < 1.29 is 14.1 Å². The molecule has 8 heteroatoms. The maximum atomic E-state index is 13.4. The number of hydrogen-bond acceptors (Lipinski definition) is 6. The fourth-order valence-corrected chi connectivity index (χ4v) is 4.48. The van der Waals surface area contributed by atoms with Crippen molar-refractivity contribution in [1.82, 2.24) is 19.9 Å². The van der Waals surface area contributed by atoms with Gasteiger partial charge >= 0.3 is 0 Å². The van der Waals surface area contributed by atoms with Gasteiger partial charge < -0.3 is 14.3 Å². The van der Waals surface area contributed by atoms with E-state index in [4.69, 9.17) is 4.52 Å². The highest BCUT2D eigenvalue weighted by Crippen LogP contribution is 2.24. The van der Waals surface area contributed by atoms with Crippen molar-refractivity contribution in [3.8, 4) is 0 Å². The molecule has 0 aliphatic carbocycles. The van der Waals surface area contributed by atoms with Gasteiger partial charge in [-0.1, -0.05) is 36.3 Å². The average Bonchev–Trinajstić information content (AvgIpc) is 3.35. The third-order valence-electron chi connectivity index (χ3n) is 6.31. The zero-order valence-corrected chi connectivity index (χ0v) is 20.5. The van der Waals surface area contributed by atoms with Gasteiger partial charge in [0.25, 0.3) is 5.91 Å². The fraction of sp³-hybridized carbons (Fsp3) is 0.407. The highest BCUT2D eigenvalue weighted by molar-refractivity contribution is 5.93. The SMILES string of the molecule is CCc1cc(C(=O)N2CCCN(Cc3ccccn3)CCCN(C(C)=O)c3ccccc3C2)no1. The van der Waals surface area contributed by atoms with Crippen molar-refractivity contribution in [2.75, 3.05) is 31.1 Å². The van der Waals surface area contributed by atoms with Crippen molar-refractivity contribution >= 4 is 17.5 Å². The number of carbonyl (C=O) groups excluding carboxylic acids is 2. The number of pyridine rings is 1. The molecule has 2 amide bonds. The summed E-state index contributed by atoms with van der Waals surface area (Å²) >= 11 is 0. The number of aryl methyl sites for hydroxylation is 1. The van der Waals surface area contributed by atoms with E-state index in [2.05, 4.69) is 15.0 Å². The highest BCUT2D eigenvalue weighted by Gasteiger charge is 2.24. The third-order valence-corrected chi connectivity index (χ3v) is 6.31. The predicted molar refractivity (Wildman–Crippen MR) is 134 cm³/mol. The summed E-state index contributed by atoms with van der Waals surface area (Å²) in [5.74, 6) is 0.520. The van der Waals surface area contributed by atoms with Crippen LogP contribution in [0.2, 0.25) is 0 Å². The van der Waals surface area contributed by atoms with Gasteiger partial charge in [-0.05, 0) is 36.6 Å². The Morgan fingerprint density at radius 2 is 1.77 bits per heavy atom. The maximum Gasteiger partial charge on any atom is 0.276 e. The topological polar surface area (TPSA) is 82.8 Å². The summed E-state index contributed by atoms with van der Waals surface area (Å²) in [6, 6.07) is 15.5. The predicted octanol–water partition coefficient (Wildman–Crippen LogP) is 3.92. The summed E-state index contributed by atoms with van der Waals surface area (Å²) in [5, 5.41) is 4.01. The van der Waals surface area contributed by atoms with Crippen molar-refractivity contribution in [3.63, 3.8) is 0 Å². The molecule has 0 unspecified atom stereocenters. The van der Waals surface area contributed by atoms with Crippen LogP contribution in [0.4, 0.5) is 5.69 Å². The van der Waals surface area contributed by atoms with E-state index in [0.717, 1.165) is 49.4 Å². The Morgan fingerprint density at radius 3 is 2.49 bits per heavy atom. The molecule has 0 spiro atoms. The summed E-state index contributed by atoms with van der Waals surface area (Å²) in [6.07, 6.45) is 4.15. The zero-order chi connectivity index (χ0) is 24.6. The minimum atomic E-state index is -0.161. The number of amides is 2. The summed E-state index contributed by atoms with van der Waals surface area (Å²) in [6.45, 7) is 7.53. The molecule has 1 aliphatic rings. The summed E-state index contributed by atoms with van der Waals surface area (Å²) in [4.78, 5) is 36.5. The van der Waals surface area contributed by atoms with Crippen molar-refractivity contribution in [3.05, 3.63) is 77.4 Å². The normalized spacial score (nSPS) is 15.7. The molecule has 8 nitrogen and oxygen atoms in total. The van der Waals surface area contributed by atoms with E-state index < -0.39 is 0 Å². The lowest BCUT2D eigenvalue weighted by molar-refractivity contribution is -0.116. The molecule has 0 bridgehead atoms. The molecule has 0 saturated carbocycles. The molecular weight excluding hydrogens is 442 g/mol. The molecular formula is C27H33N5O3. The van der Waals surface area contributed by atoms with E-state index in [-0.39, 0.29) is 11.8 Å². The van der Waals surface area contributed by atoms with Gasteiger partial charge in [0.05, 0.1) is 5.69 Å². The van der Waals surface area contributed by atoms with E-state index in [1.165, 1.54) is 0 Å². The number of rotatable bonds is 4. The molecule has 1 aromatic carbocycles.